The van der Waals surface area contributed by atoms with Gasteiger partial charge in [0.2, 0.25) is 0 Å². The van der Waals surface area contributed by atoms with Gasteiger partial charge >= 0.3 is 0 Å². The lowest BCUT2D eigenvalue weighted by Gasteiger charge is -2.16. The zero-order valence-corrected chi connectivity index (χ0v) is 14.8. The van der Waals surface area contributed by atoms with Crippen molar-refractivity contribution in [3.63, 3.8) is 0 Å². The molecule has 0 amide bonds. The van der Waals surface area contributed by atoms with Crippen molar-refractivity contribution in [3.8, 4) is 0 Å². The minimum absolute atomic E-state index is 0.648. The molecule has 1 unspecified atom stereocenters. The first-order valence-electron chi connectivity index (χ1n) is 8.76. The summed E-state index contributed by atoms with van der Waals surface area (Å²) in [5.74, 6) is 0. The van der Waals surface area contributed by atoms with Gasteiger partial charge in [0.1, 0.15) is 0 Å². The number of nitrogens with one attached hydrogen (secondary N) is 1. The summed E-state index contributed by atoms with van der Waals surface area (Å²) in [5.41, 5.74) is 3.96. The number of rotatable bonds is 11. The first-order valence-corrected chi connectivity index (χ1v) is 8.76. The van der Waals surface area contributed by atoms with Crippen LogP contribution in [0.1, 0.15) is 75.2 Å². The maximum absolute atomic E-state index is 4.51. The third-order valence-corrected chi connectivity index (χ3v) is 4.72. The summed E-state index contributed by atoms with van der Waals surface area (Å²) >= 11 is 0. The average molecular weight is 293 g/mol. The molecule has 0 aliphatic rings. The maximum Gasteiger partial charge on any atom is 0.0628 e. The highest BCUT2D eigenvalue weighted by atomic mass is 15.3. The van der Waals surface area contributed by atoms with E-state index >= 15 is 0 Å². The van der Waals surface area contributed by atoms with Gasteiger partial charge in [-0.25, -0.2) is 0 Å². The van der Waals surface area contributed by atoms with Crippen LogP contribution in [-0.4, -0.2) is 22.9 Å². The van der Waals surface area contributed by atoms with Crippen LogP contribution >= 0.6 is 0 Å². The quantitative estimate of drug-likeness (QED) is 0.616. The highest BCUT2D eigenvalue weighted by Gasteiger charge is 2.12. The number of nitrogens with zero attached hydrogens (tertiary/aromatic N) is 2. The molecular weight excluding hydrogens is 258 g/mol. The Morgan fingerprint density at radius 1 is 1.05 bits per heavy atom. The van der Waals surface area contributed by atoms with Crippen molar-refractivity contribution >= 4 is 0 Å². The zero-order chi connectivity index (χ0) is 15.7. The van der Waals surface area contributed by atoms with Crippen LogP contribution in [0, 0.1) is 13.8 Å². The van der Waals surface area contributed by atoms with Crippen LogP contribution in [0.25, 0.3) is 0 Å². The number of hydrogen-bond donors (Lipinski definition) is 1. The second-order valence-corrected chi connectivity index (χ2v) is 6.35. The van der Waals surface area contributed by atoms with E-state index in [0.29, 0.717) is 6.04 Å². The summed E-state index contributed by atoms with van der Waals surface area (Å²) in [4.78, 5) is 0. The Labute approximate surface area is 131 Å². The number of aryl methyl sites for hydroxylation is 2. The predicted octanol–water partition coefficient (Wildman–Crippen LogP) is 4.31. The summed E-state index contributed by atoms with van der Waals surface area (Å²) in [6.07, 6.45) is 12.0. The Bertz CT molecular complexity index is 395. The zero-order valence-electron chi connectivity index (χ0n) is 14.8. The van der Waals surface area contributed by atoms with Crippen LogP contribution in [0.5, 0.6) is 0 Å². The van der Waals surface area contributed by atoms with Crippen LogP contribution in [0.15, 0.2) is 0 Å². The minimum Gasteiger partial charge on any atom is -0.317 e. The third-order valence-electron chi connectivity index (χ3n) is 4.72. The molecule has 122 valence electrons. The first-order chi connectivity index (χ1) is 10.1. The molecule has 1 rings (SSSR count). The van der Waals surface area contributed by atoms with E-state index in [1.807, 2.05) is 11.7 Å². The predicted molar refractivity (Wildman–Crippen MR) is 91.8 cm³/mol. The molecule has 3 heteroatoms. The molecule has 1 atom stereocenters. The second kappa shape index (κ2) is 9.99. The molecule has 0 radical (unpaired) electrons. The van der Waals surface area contributed by atoms with Gasteiger partial charge < -0.3 is 5.32 Å². The second-order valence-electron chi connectivity index (χ2n) is 6.35. The van der Waals surface area contributed by atoms with Gasteiger partial charge in [-0.05, 0) is 45.7 Å². The largest absolute Gasteiger partial charge is 0.317 e. The molecule has 0 spiro atoms. The van der Waals surface area contributed by atoms with E-state index in [-0.39, 0.29) is 0 Å². The van der Waals surface area contributed by atoms with Gasteiger partial charge in [0.15, 0.2) is 0 Å². The number of hydrogen-bond acceptors (Lipinski definition) is 2. The molecule has 1 heterocycles. The van der Waals surface area contributed by atoms with Crippen LogP contribution in [0.2, 0.25) is 0 Å². The van der Waals surface area contributed by atoms with E-state index in [1.165, 1.54) is 68.3 Å². The lowest BCUT2D eigenvalue weighted by atomic mass is 9.99. The molecule has 0 aromatic carbocycles. The van der Waals surface area contributed by atoms with Crippen LogP contribution in [0.3, 0.4) is 0 Å². The Kier molecular flexibility index (Phi) is 8.67. The average Bonchev–Trinajstić information content (AvgIpc) is 2.71. The van der Waals surface area contributed by atoms with E-state index in [0.717, 1.165) is 6.42 Å². The summed E-state index contributed by atoms with van der Waals surface area (Å²) in [5, 5.41) is 8.01. The standard InChI is InChI=1S/C18H35N3/c1-6-7-8-9-10-11-12-17(19-4)13-14-18-15(2)20-21(5)16(18)3/h17,19H,6-14H2,1-5H3. The van der Waals surface area contributed by atoms with Gasteiger partial charge in [0, 0.05) is 18.8 Å². The fraction of sp³-hybridized carbons (Fsp3) is 0.833. The van der Waals surface area contributed by atoms with Crippen molar-refractivity contribution in [2.75, 3.05) is 7.05 Å². The van der Waals surface area contributed by atoms with Gasteiger partial charge in [0.05, 0.1) is 5.69 Å². The summed E-state index contributed by atoms with van der Waals surface area (Å²) in [6.45, 7) is 6.58. The van der Waals surface area contributed by atoms with Crippen LogP contribution in [-0.2, 0) is 13.5 Å². The molecule has 1 aromatic heterocycles. The number of unbranched alkanes of at least 4 members (excludes halogenated alkanes) is 5. The molecule has 0 fully saturated rings. The van der Waals surface area contributed by atoms with E-state index in [2.05, 4.69) is 38.2 Å². The Balaban J connectivity index is 2.27. The first kappa shape index (κ1) is 18.2. The minimum atomic E-state index is 0.648. The summed E-state index contributed by atoms with van der Waals surface area (Å²) in [7, 11) is 4.14. The molecule has 0 saturated heterocycles. The Morgan fingerprint density at radius 2 is 1.71 bits per heavy atom. The van der Waals surface area contributed by atoms with Gasteiger partial charge in [0.25, 0.3) is 0 Å². The normalized spacial score (nSPS) is 12.8. The van der Waals surface area contributed by atoms with Gasteiger partial charge in [-0.3, -0.25) is 4.68 Å². The SMILES string of the molecule is CCCCCCCCC(CCc1c(C)nn(C)c1C)NC. The Morgan fingerprint density at radius 3 is 2.29 bits per heavy atom. The van der Waals surface area contributed by atoms with Crippen molar-refractivity contribution in [1.29, 1.82) is 0 Å². The fourth-order valence-electron chi connectivity index (χ4n) is 3.10. The van der Waals surface area contributed by atoms with Gasteiger partial charge in [-0.15, -0.1) is 0 Å². The smallest absolute Gasteiger partial charge is 0.0628 e. The van der Waals surface area contributed by atoms with Gasteiger partial charge in [-0.1, -0.05) is 45.4 Å². The van der Waals surface area contributed by atoms with Crippen LogP contribution in [0.4, 0.5) is 0 Å². The molecule has 1 aromatic rings. The van der Waals surface area contributed by atoms with E-state index in [9.17, 15) is 0 Å². The van der Waals surface area contributed by atoms with E-state index < -0.39 is 0 Å². The van der Waals surface area contributed by atoms with Crippen molar-refractivity contribution < 1.29 is 0 Å². The Hall–Kier alpha value is -0.830. The van der Waals surface area contributed by atoms with E-state index in [1.54, 1.807) is 0 Å². The van der Waals surface area contributed by atoms with E-state index in [4.69, 9.17) is 0 Å². The molecule has 0 aliphatic heterocycles. The molecule has 1 N–H and O–H groups in total. The maximum atomic E-state index is 4.51. The van der Waals surface area contributed by atoms with Crippen molar-refractivity contribution in [2.24, 2.45) is 7.05 Å². The fourth-order valence-corrected chi connectivity index (χ4v) is 3.10. The molecule has 0 aliphatic carbocycles. The monoisotopic (exact) mass is 293 g/mol. The summed E-state index contributed by atoms with van der Waals surface area (Å²) in [6, 6.07) is 0.648. The van der Waals surface area contributed by atoms with Crippen molar-refractivity contribution in [2.45, 2.75) is 84.6 Å². The molecular formula is C18H35N3. The highest BCUT2D eigenvalue weighted by molar-refractivity contribution is 5.24. The van der Waals surface area contributed by atoms with Crippen molar-refractivity contribution in [3.05, 3.63) is 17.0 Å². The number of aromatic nitrogens is 2. The third kappa shape index (κ3) is 6.21. The van der Waals surface area contributed by atoms with Crippen LogP contribution < -0.4 is 5.32 Å². The topological polar surface area (TPSA) is 29.9 Å². The molecule has 3 nitrogen and oxygen atoms in total. The molecule has 0 saturated carbocycles. The summed E-state index contributed by atoms with van der Waals surface area (Å²) < 4.78 is 2.01. The lowest BCUT2D eigenvalue weighted by molar-refractivity contribution is 0.457. The lowest BCUT2D eigenvalue weighted by Crippen LogP contribution is -2.25. The highest BCUT2D eigenvalue weighted by Crippen LogP contribution is 2.17. The molecule has 0 bridgehead atoms. The molecule has 21 heavy (non-hydrogen) atoms. The van der Waals surface area contributed by atoms with Crippen molar-refractivity contribution in [1.82, 2.24) is 15.1 Å². The van der Waals surface area contributed by atoms with Gasteiger partial charge in [-0.2, -0.15) is 5.10 Å².